The summed E-state index contributed by atoms with van der Waals surface area (Å²) in [5, 5.41) is 11.6. The second-order valence-electron chi connectivity index (χ2n) is 8.70. The van der Waals surface area contributed by atoms with Gasteiger partial charge in [0.05, 0.1) is 18.4 Å². The van der Waals surface area contributed by atoms with Crippen LogP contribution in [0, 0.1) is 19.7 Å². The molecule has 1 aliphatic rings. The molecular weight excluding hydrogens is 467 g/mol. The number of imide groups is 1. The molecule has 10 heteroatoms. The van der Waals surface area contributed by atoms with E-state index in [9.17, 15) is 14.0 Å². The van der Waals surface area contributed by atoms with Crippen LogP contribution in [-0.4, -0.2) is 58.3 Å². The zero-order chi connectivity index (χ0) is 26.0. The van der Waals surface area contributed by atoms with Gasteiger partial charge >= 0.3 is 6.03 Å². The molecule has 0 radical (unpaired) electrons. The maximum Gasteiger partial charge on any atom is 0.325 e. The molecule has 1 aliphatic heterocycles. The first kappa shape index (κ1) is 25.3. The Bertz CT molecular complexity index is 1260. The van der Waals surface area contributed by atoms with E-state index >= 15 is 0 Å². The summed E-state index contributed by atoms with van der Waals surface area (Å²) in [6, 6.07) is 9.22. The number of methoxy groups -OCH3 is 1. The summed E-state index contributed by atoms with van der Waals surface area (Å²) in [4.78, 5) is 35.4. The SMILES string of the molecule is COC(C)C(c1nc(-c2ccc(C)cc2F)c(C)[nH]1)N1C(=O)N[C@H](c2ccc(OCCO)cc2)C1=O. The minimum atomic E-state index is -0.902. The molecule has 2 unspecified atom stereocenters. The smallest absolute Gasteiger partial charge is 0.325 e. The predicted octanol–water partition coefficient (Wildman–Crippen LogP) is 3.57. The van der Waals surface area contributed by atoms with Crippen molar-refractivity contribution in [2.45, 2.75) is 39.0 Å². The minimum Gasteiger partial charge on any atom is -0.491 e. The highest BCUT2D eigenvalue weighted by Crippen LogP contribution is 2.35. The molecule has 0 bridgehead atoms. The topological polar surface area (TPSA) is 117 Å². The highest BCUT2D eigenvalue weighted by Gasteiger charge is 2.46. The van der Waals surface area contributed by atoms with Gasteiger partial charge in [-0.3, -0.25) is 4.79 Å². The van der Waals surface area contributed by atoms with E-state index < -0.39 is 35.9 Å². The first-order chi connectivity index (χ1) is 17.2. The third-order valence-electron chi connectivity index (χ3n) is 6.20. The van der Waals surface area contributed by atoms with Crippen LogP contribution in [0.2, 0.25) is 0 Å². The van der Waals surface area contributed by atoms with E-state index in [-0.39, 0.29) is 13.2 Å². The lowest BCUT2D eigenvalue weighted by Crippen LogP contribution is -2.41. The van der Waals surface area contributed by atoms with Gasteiger partial charge in [0.1, 0.15) is 36.1 Å². The number of rotatable bonds is 9. The number of aryl methyl sites for hydroxylation is 2. The average molecular weight is 497 g/mol. The number of urea groups is 1. The zero-order valence-corrected chi connectivity index (χ0v) is 20.5. The number of benzene rings is 2. The van der Waals surface area contributed by atoms with Gasteiger partial charge in [0, 0.05) is 18.4 Å². The summed E-state index contributed by atoms with van der Waals surface area (Å²) in [7, 11) is 1.48. The molecule has 4 rings (SSSR count). The fourth-order valence-electron chi connectivity index (χ4n) is 4.28. The normalized spacial score (nSPS) is 17.3. The third kappa shape index (κ3) is 4.82. The van der Waals surface area contributed by atoms with Gasteiger partial charge < -0.3 is 24.9 Å². The van der Waals surface area contributed by atoms with E-state index in [1.807, 2.05) is 0 Å². The number of ether oxygens (including phenoxy) is 2. The minimum absolute atomic E-state index is 0.114. The summed E-state index contributed by atoms with van der Waals surface area (Å²) >= 11 is 0. The van der Waals surface area contributed by atoms with Gasteiger partial charge in [0.2, 0.25) is 0 Å². The van der Waals surface area contributed by atoms with Crippen LogP contribution in [0.1, 0.15) is 41.7 Å². The van der Waals surface area contributed by atoms with Crippen LogP contribution in [0.15, 0.2) is 42.5 Å². The van der Waals surface area contributed by atoms with Crippen molar-refractivity contribution in [1.82, 2.24) is 20.2 Å². The molecule has 3 atom stereocenters. The van der Waals surface area contributed by atoms with Crippen molar-refractivity contribution in [3.63, 3.8) is 0 Å². The Kier molecular flexibility index (Phi) is 7.37. The number of hydrogen-bond acceptors (Lipinski definition) is 6. The average Bonchev–Trinajstić information content (AvgIpc) is 3.37. The molecule has 3 aromatic rings. The Balaban J connectivity index is 1.66. The monoisotopic (exact) mass is 496 g/mol. The molecule has 2 heterocycles. The van der Waals surface area contributed by atoms with Crippen molar-refractivity contribution in [2.24, 2.45) is 0 Å². The van der Waals surface area contributed by atoms with E-state index in [0.29, 0.717) is 34.1 Å². The molecular formula is C26H29FN4O5. The Hall–Kier alpha value is -3.76. The second-order valence-corrected chi connectivity index (χ2v) is 8.70. The number of aromatic nitrogens is 2. The van der Waals surface area contributed by atoms with Crippen LogP contribution >= 0.6 is 0 Å². The molecule has 1 saturated heterocycles. The lowest BCUT2D eigenvalue weighted by Gasteiger charge is -2.28. The number of nitrogens with zero attached hydrogens (tertiary/aromatic N) is 2. The predicted molar refractivity (Wildman–Crippen MR) is 130 cm³/mol. The number of aliphatic hydroxyl groups is 1. The van der Waals surface area contributed by atoms with Crippen molar-refractivity contribution >= 4 is 11.9 Å². The molecule has 2 aromatic carbocycles. The Morgan fingerprint density at radius 1 is 1.17 bits per heavy atom. The van der Waals surface area contributed by atoms with Crippen molar-refractivity contribution in [3.8, 4) is 17.0 Å². The molecule has 0 aliphatic carbocycles. The fourth-order valence-corrected chi connectivity index (χ4v) is 4.28. The molecule has 36 heavy (non-hydrogen) atoms. The molecule has 0 spiro atoms. The van der Waals surface area contributed by atoms with E-state index in [1.54, 1.807) is 57.2 Å². The number of carbonyl (C=O) groups excluding carboxylic acids is 2. The van der Waals surface area contributed by atoms with Gasteiger partial charge in [-0.15, -0.1) is 0 Å². The number of imidazole rings is 1. The summed E-state index contributed by atoms with van der Waals surface area (Å²) in [6.07, 6.45) is -0.603. The number of hydrogen-bond donors (Lipinski definition) is 3. The van der Waals surface area contributed by atoms with Crippen molar-refractivity contribution in [1.29, 1.82) is 0 Å². The molecule has 1 fully saturated rings. The van der Waals surface area contributed by atoms with Gasteiger partial charge in [0.15, 0.2) is 0 Å². The molecule has 1 aromatic heterocycles. The van der Waals surface area contributed by atoms with E-state index in [1.165, 1.54) is 13.2 Å². The first-order valence-electron chi connectivity index (χ1n) is 11.6. The van der Waals surface area contributed by atoms with Crippen LogP contribution in [0.5, 0.6) is 5.75 Å². The van der Waals surface area contributed by atoms with Crippen LogP contribution in [0.25, 0.3) is 11.3 Å². The van der Waals surface area contributed by atoms with Crippen LogP contribution < -0.4 is 10.1 Å². The fraction of sp³-hybridized carbons (Fsp3) is 0.346. The number of nitrogens with one attached hydrogen (secondary N) is 2. The van der Waals surface area contributed by atoms with Gasteiger partial charge in [0.25, 0.3) is 5.91 Å². The van der Waals surface area contributed by atoms with Crippen molar-refractivity contribution in [3.05, 3.63) is 70.9 Å². The summed E-state index contributed by atoms with van der Waals surface area (Å²) in [5.74, 6) is -0.0213. The number of carbonyl (C=O) groups is 2. The first-order valence-corrected chi connectivity index (χ1v) is 11.6. The van der Waals surface area contributed by atoms with Crippen molar-refractivity contribution in [2.75, 3.05) is 20.3 Å². The largest absolute Gasteiger partial charge is 0.491 e. The van der Waals surface area contributed by atoms with Crippen LogP contribution in [0.4, 0.5) is 9.18 Å². The van der Waals surface area contributed by atoms with Gasteiger partial charge in [-0.25, -0.2) is 19.1 Å². The van der Waals surface area contributed by atoms with Gasteiger partial charge in [-0.05, 0) is 56.2 Å². The number of aromatic amines is 1. The van der Waals surface area contributed by atoms with Gasteiger partial charge in [-0.1, -0.05) is 18.2 Å². The maximum atomic E-state index is 14.7. The summed E-state index contributed by atoms with van der Waals surface area (Å²) in [5.41, 5.74) is 2.69. The second kappa shape index (κ2) is 10.5. The van der Waals surface area contributed by atoms with Crippen LogP contribution in [-0.2, 0) is 9.53 Å². The van der Waals surface area contributed by atoms with E-state index in [0.717, 1.165) is 10.5 Å². The molecule has 3 N–H and O–H groups in total. The highest BCUT2D eigenvalue weighted by atomic mass is 19.1. The lowest BCUT2D eigenvalue weighted by molar-refractivity contribution is -0.131. The highest BCUT2D eigenvalue weighted by molar-refractivity contribution is 6.05. The standard InChI is InChI=1S/C26H29FN4O5/c1-14-5-10-19(20(27)13-14)21-15(2)28-24(29-21)23(16(3)35-4)31-25(33)22(30-26(31)34)17-6-8-18(9-7-17)36-12-11-32/h5-10,13,16,22-23,32H,11-12H2,1-4H3,(H,28,29)(H,30,34)/t16?,22-,23?/m1/s1. The molecule has 190 valence electrons. The van der Waals surface area contributed by atoms with Gasteiger partial charge in [-0.2, -0.15) is 0 Å². The van der Waals surface area contributed by atoms with E-state index in [4.69, 9.17) is 14.6 Å². The third-order valence-corrected chi connectivity index (χ3v) is 6.20. The van der Waals surface area contributed by atoms with E-state index in [2.05, 4.69) is 15.3 Å². The molecule has 9 nitrogen and oxygen atoms in total. The van der Waals surface area contributed by atoms with Crippen molar-refractivity contribution < 1.29 is 28.6 Å². The maximum absolute atomic E-state index is 14.7. The zero-order valence-electron chi connectivity index (χ0n) is 20.5. The molecule has 3 amide bonds. The Morgan fingerprint density at radius 3 is 2.53 bits per heavy atom. The number of amides is 3. The van der Waals surface area contributed by atoms with Crippen LogP contribution in [0.3, 0.4) is 0 Å². The Labute approximate surface area is 208 Å². The number of H-pyrrole nitrogens is 1. The quantitative estimate of drug-likeness (QED) is 0.390. The summed E-state index contributed by atoms with van der Waals surface area (Å²) in [6.45, 7) is 5.33. The lowest BCUT2D eigenvalue weighted by atomic mass is 10.1. The number of aliphatic hydroxyl groups excluding tert-OH is 1. The Morgan fingerprint density at radius 2 is 1.89 bits per heavy atom. The molecule has 0 saturated carbocycles. The number of halogens is 1. The summed E-state index contributed by atoms with van der Waals surface area (Å²) < 4.78 is 25.6.